The van der Waals surface area contributed by atoms with Gasteiger partial charge in [-0.1, -0.05) is 26.0 Å². The highest BCUT2D eigenvalue weighted by Gasteiger charge is 2.25. The van der Waals surface area contributed by atoms with E-state index in [1.807, 2.05) is 24.3 Å². The van der Waals surface area contributed by atoms with Crippen LogP contribution in [0, 0.1) is 5.41 Å². The summed E-state index contributed by atoms with van der Waals surface area (Å²) in [6.45, 7) is 3.88. The largest absolute Gasteiger partial charge is 0.492 e. The van der Waals surface area contributed by atoms with Crippen molar-refractivity contribution in [3.8, 4) is 5.75 Å². The Morgan fingerprint density at radius 2 is 1.94 bits per heavy atom. The molecule has 0 radical (unpaired) electrons. The van der Waals surface area contributed by atoms with Crippen molar-refractivity contribution < 1.29 is 13.2 Å². The number of halogens is 1. The summed E-state index contributed by atoms with van der Waals surface area (Å²) in [6.07, 6.45) is 0. The lowest BCUT2D eigenvalue weighted by Crippen LogP contribution is -2.33. The van der Waals surface area contributed by atoms with Crippen molar-refractivity contribution in [2.45, 2.75) is 13.8 Å². The third-order valence-electron chi connectivity index (χ3n) is 2.05. The van der Waals surface area contributed by atoms with Gasteiger partial charge in [-0.3, -0.25) is 0 Å². The molecule has 0 aliphatic rings. The standard InChI is InChI=1S/C11H16BrNO3S/c1-11(2,8-17(13,14)15)7-16-10-6-4-3-5-9(10)12/h3-6H,7-8H2,1-2H3,(H2,13,14,15). The lowest BCUT2D eigenvalue weighted by molar-refractivity contribution is 0.199. The number of para-hydroxylation sites is 1. The lowest BCUT2D eigenvalue weighted by Gasteiger charge is -2.23. The number of primary sulfonamides is 1. The lowest BCUT2D eigenvalue weighted by atomic mass is 9.98. The van der Waals surface area contributed by atoms with Crippen molar-refractivity contribution in [3.05, 3.63) is 28.7 Å². The molecule has 0 saturated heterocycles. The summed E-state index contributed by atoms with van der Waals surface area (Å²) in [5.41, 5.74) is -0.525. The summed E-state index contributed by atoms with van der Waals surface area (Å²) in [7, 11) is -3.49. The fourth-order valence-corrected chi connectivity index (χ4v) is 2.99. The summed E-state index contributed by atoms with van der Waals surface area (Å²) in [5.74, 6) is 0.583. The van der Waals surface area contributed by atoms with Crippen LogP contribution >= 0.6 is 15.9 Å². The Labute approximate surface area is 110 Å². The van der Waals surface area contributed by atoms with E-state index in [1.165, 1.54) is 0 Å². The number of nitrogens with two attached hydrogens (primary N) is 1. The quantitative estimate of drug-likeness (QED) is 0.903. The van der Waals surface area contributed by atoms with Crippen molar-refractivity contribution >= 4 is 26.0 Å². The van der Waals surface area contributed by atoms with Crippen LogP contribution in [-0.2, 0) is 10.0 Å². The first-order valence-corrected chi connectivity index (χ1v) is 7.58. The average Bonchev–Trinajstić information content (AvgIpc) is 2.13. The maximum Gasteiger partial charge on any atom is 0.209 e. The smallest absolute Gasteiger partial charge is 0.209 e. The molecule has 0 amide bonds. The van der Waals surface area contributed by atoms with Crippen LogP contribution in [0.25, 0.3) is 0 Å². The second-order valence-electron chi connectivity index (χ2n) is 4.69. The Kier molecular flexibility index (Phi) is 4.57. The number of sulfonamides is 1. The fourth-order valence-electron chi connectivity index (χ4n) is 1.42. The molecule has 96 valence electrons. The maximum atomic E-state index is 11.0. The molecule has 17 heavy (non-hydrogen) atoms. The Hall–Kier alpha value is -0.590. The van der Waals surface area contributed by atoms with Gasteiger partial charge in [-0.2, -0.15) is 0 Å². The third-order valence-corrected chi connectivity index (χ3v) is 3.89. The molecular weight excluding hydrogens is 306 g/mol. The Bertz CT molecular complexity index is 485. The van der Waals surface area contributed by atoms with Crippen LogP contribution in [0.4, 0.5) is 0 Å². The molecule has 6 heteroatoms. The molecule has 0 unspecified atom stereocenters. The van der Waals surface area contributed by atoms with Crippen molar-refractivity contribution in [2.75, 3.05) is 12.4 Å². The monoisotopic (exact) mass is 321 g/mol. The zero-order valence-corrected chi connectivity index (χ0v) is 12.2. The highest BCUT2D eigenvalue weighted by molar-refractivity contribution is 9.10. The van der Waals surface area contributed by atoms with Crippen molar-refractivity contribution in [1.82, 2.24) is 0 Å². The van der Waals surface area contributed by atoms with Crippen LogP contribution in [0.3, 0.4) is 0 Å². The van der Waals surface area contributed by atoms with Gasteiger partial charge in [0.25, 0.3) is 0 Å². The van der Waals surface area contributed by atoms with Gasteiger partial charge in [0.15, 0.2) is 0 Å². The first kappa shape index (κ1) is 14.5. The van der Waals surface area contributed by atoms with E-state index in [0.717, 1.165) is 4.47 Å². The topological polar surface area (TPSA) is 69.4 Å². The van der Waals surface area contributed by atoms with Gasteiger partial charge in [0.1, 0.15) is 5.75 Å². The SMILES string of the molecule is CC(C)(COc1ccccc1Br)CS(N)(=O)=O. The molecule has 1 rings (SSSR count). The number of benzene rings is 1. The van der Waals surface area contributed by atoms with E-state index in [-0.39, 0.29) is 12.4 Å². The molecule has 0 bridgehead atoms. The van der Waals surface area contributed by atoms with Crippen LogP contribution < -0.4 is 9.88 Å². The second-order valence-corrected chi connectivity index (χ2v) is 7.16. The summed E-state index contributed by atoms with van der Waals surface area (Å²) in [5, 5.41) is 5.03. The Morgan fingerprint density at radius 1 is 1.35 bits per heavy atom. The van der Waals surface area contributed by atoms with Gasteiger partial charge in [0.2, 0.25) is 10.0 Å². The first-order chi connectivity index (χ1) is 7.70. The number of ether oxygens (including phenoxy) is 1. The van der Waals surface area contributed by atoms with Crippen molar-refractivity contribution in [1.29, 1.82) is 0 Å². The van der Waals surface area contributed by atoms with E-state index in [0.29, 0.717) is 5.75 Å². The van der Waals surface area contributed by atoms with Crippen molar-refractivity contribution in [3.63, 3.8) is 0 Å². The van der Waals surface area contributed by atoms with E-state index < -0.39 is 15.4 Å². The van der Waals surface area contributed by atoms with Crippen LogP contribution in [0.15, 0.2) is 28.7 Å². The summed E-state index contributed by atoms with van der Waals surface area (Å²) in [6, 6.07) is 7.41. The molecule has 2 N–H and O–H groups in total. The van der Waals surface area contributed by atoms with E-state index in [2.05, 4.69) is 15.9 Å². The average molecular weight is 322 g/mol. The molecule has 4 nitrogen and oxygen atoms in total. The van der Waals surface area contributed by atoms with Gasteiger partial charge in [0.05, 0.1) is 16.8 Å². The zero-order chi connectivity index (χ0) is 13.1. The van der Waals surface area contributed by atoms with Crippen LogP contribution in [0.5, 0.6) is 5.75 Å². The molecule has 1 aromatic rings. The Morgan fingerprint density at radius 3 is 2.47 bits per heavy atom. The third kappa shape index (κ3) is 5.52. The predicted octanol–water partition coefficient (Wildman–Crippen LogP) is 2.14. The van der Waals surface area contributed by atoms with Gasteiger partial charge in [-0.05, 0) is 28.1 Å². The van der Waals surface area contributed by atoms with Gasteiger partial charge in [0, 0.05) is 5.41 Å². The molecule has 0 aliphatic heterocycles. The second kappa shape index (κ2) is 5.37. The van der Waals surface area contributed by atoms with Gasteiger partial charge < -0.3 is 4.74 Å². The van der Waals surface area contributed by atoms with Crippen LogP contribution in [0.1, 0.15) is 13.8 Å². The van der Waals surface area contributed by atoms with E-state index in [1.54, 1.807) is 13.8 Å². The molecule has 0 fully saturated rings. The highest BCUT2D eigenvalue weighted by Crippen LogP contribution is 2.26. The number of rotatable bonds is 5. The maximum absolute atomic E-state index is 11.0. The van der Waals surface area contributed by atoms with Gasteiger partial charge in [-0.15, -0.1) is 0 Å². The molecule has 0 heterocycles. The molecule has 0 aromatic heterocycles. The minimum absolute atomic E-state index is 0.107. The first-order valence-electron chi connectivity index (χ1n) is 5.07. The minimum atomic E-state index is -3.49. The molecule has 0 spiro atoms. The molecule has 0 atom stereocenters. The normalized spacial score (nSPS) is 12.5. The fraction of sp³-hybridized carbons (Fsp3) is 0.455. The number of hydrogen-bond donors (Lipinski definition) is 1. The number of hydrogen-bond acceptors (Lipinski definition) is 3. The summed E-state index contributed by atoms with van der Waals surface area (Å²) < 4.78 is 28.5. The highest BCUT2D eigenvalue weighted by atomic mass is 79.9. The minimum Gasteiger partial charge on any atom is -0.492 e. The zero-order valence-electron chi connectivity index (χ0n) is 9.81. The molecule has 0 saturated carbocycles. The van der Waals surface area contributed by atoms with Crippen LogP contribution in [-0.4, -0.2) is 20.8 Å². The Balaban J connectivity index is 2.65. The molecule has 0 aliphatic carbocycles. The van der Waals surface area contributed by atoms with Crippen LogP contribution in [0.2, 0.25) is 0 Å². The van der Waals surface area contributed by atoms with E-state index in [4.69, 9.17) is 9.88 Å². The predicted molar refractivity (Wildman–Crippen MR) is 71.4 cm³/mol. The van der Waals surface area contributed by atoms with E-state index >= 15 is 0 Å². The summed E-state index contributed by atoms with van der Waals surface area (Å²) >= 11 is 3.36. The molecular formula is C11H16BrNO3S. The van der Waals surface area contributed by atoms with E-state index in [9.17, 15) is 8.42 Å². The summed E-state index contributed by atoms with van der Waals surface area (Å²) in [4.78, 5) is 0. The van der Waals surface area contributed by atoms with Crippen molar-refractivity contribution in [2.24, 2.45) is 10.6 Å². The van der Waals surface area contributed by atoms with Gasteiger partial charge in [-0.25, -0.2) is 13.6 Å². The van der Waals surface area contributed by atoms with Gasteiger partial charge >= 0.3 is 0 Å². The molecule has 1 aromatic carbocycles.